The highest BCUT2D eigenvalue weighted by Gasteiger charge is 2.09. The number of benzene rings is 1. The van der Waals surface area contributed by atoms with Gasteiger partial charge in [-0.25, -0.2) is 0 Å². The minimum absolute atomic E-state index is 0.119. The van der Waals surface area contributed by atoms with Gasteiger partial charge < -0.3 is 11.1 Å². The van der Waals surface area contributed by atoms with Gasteiger partial charge in [-0.05, 0) is 24.6 Å². The van der Waals surface area contributed by atoms with Crippen LogP contribution in [0.2, 0.25) is 0 Å². The molecule has 1 aromatic carbocycles. The summed E-state index contributed by atoms with van der Waals surface area (Å²) in [5.74, 6) is 5.57. The summed E-state index contributed by atoms with van der Waals surface area (Å²) in [7, 11) is 0. The normalized spacial score (nSPS) is 9.58. The number of hydrogen-bond acceptors (Lipinski definition) is 3. The molecule has 1 heterocycles. The number of para-hydroxylation sites is 1. The first kappa shape index (κ1) is 13.3. The summed E-state index contributed by atoms with van der Waals surface area (Å²) < 4.78 is 0. The molecule has 0 spiro atoms. The van der Waals surface area contributed by atoms with E-state index < -0.39 is 0 Å². The lowest BCUT2D eigenvalue weighted by Gasteiger charge is -2.06. The van der Waals surface area contributed by atoms with Gasteiger partial charge in [0.15, 0.2) is 0 Å². The number of carbonyl (C=O) groups excluding carboxylic acids is 1. The second-order valence-corrected chi connectivity index (χ2v) is 4.89. The minimum Gasteiger partial charge on any atom is -0.322 e. The number of thiophene rings is 1. The fourth-order valence-corrected chi connectivity index (χ4v) is 2.32. The Morgan fingerprint density at radius 3 is 2.95 bits per heavy atom. The number of aryl methyl sites for hydroxylation is 1. The number of nitrogens with two attached hydrogens (primary N) is 1. The second kappa shape index (κ2) is 6.19. The van der Waals surface area contributed by atoms with Gasteiger partial charge >= 0.3 is 0 Å². The van der Waals surface area contributed by atoms with Crippen LogP contribution in [0.25, 0.3) is 0 Å². The first-order valence-corrected chi connectivity index (χ1v) is 6.73. The molecule has 2 rings (SSSR count). The molecule has 0 fully saturated rings. The Balaban J connectivity index is 2.12. The smallest absolute Gasteiger partial charge is 0.256 e. The number of amides is 1. The van der Waals surface area contributed by atoms with E-state index in [2.05, 4.69) is 17.2 Å². The van der Waals surface area contributed by atoms with Crippen LogP contribution in [-0.2, 0) is 0 Å². The Hall–Kier alpha value is -2.09. The second-order valence-electron chi connectivity index (χ2n) is 3.97. The monoisotopic (exact) mass is 270 g/mol. The zero-order valence-corrected chi connectivity index (χ0v) is 11.4. The molecule has 0 aliphatic rings. The van der Waals surface area contributed by atoms with Crippen LogP contribution in [0, 0.1) is 18.8 Å². The summed E-state index contributed by atoms with van der Waals surface area (Å²) in [5.41, 5.74) is 7.80. The van der Waals surface area contributed by atoms with E-state index in [0.717, 1.165) is 16.1 Å². The Morgan fingerprint density at radius 2 is 2.21 bits per heavy atom. The lowest BCUT2D eigenvalue weighted by molar-refractivity contribution is 0.102. The van der Waals surface area contributed by atoms with Crippen molar-refractivity contribution in [3.8, 4) is 11.8 Å². The predicted octanol–water partition coefficient (Wildman–Crippen LogP) is 2.62. The maximum atomic E-state index is 12.1. The molecule has 3 N–H and O–H groups in total. The molecule has 3 nitrogen and oxygen atoms in total. The molecule has 19 heavy (non-hydrogen) atoms. The Bertz CT molecular complexity index is 649. The summed E-state index contributed by atoms with van der Waals surface area (Å²) in [6.45, 7) is 2.28. The first-order valence-electron chi connectivity index (χ1n) is 5.85. The van der Waals surface area contributed by atoms with Gasteiger partial charge in [-0.2, -0.15) is 0 Å². The van der Waals surface area contributed by atoms with Gasteiger partial charge in [0.05, 0.1) is 17.0 Å². The van der Waals surface area contributed by atoms with E-state index in [9.17, 15) is 4.79 Å². The molecule has 0 radical (unpaired) electrons. The van der Waals surface area contributed by atoms with Crippen molar-refractivity contribution < 1.29 is 4.79 Å². The number of hydrogen-bond donors (Lipinski definition) is 2. The van der Waals surface area contributed by atoms with E-state index in [0.29, 0.717) is 12.1 Å². The molecule has 0 aliphatic heterocycles. The molecule has 96 valence electrons. The maximum absolute atomic E-state index is 12.1. The van der Waals surface area contributed by atoms with Crippen molar-refractivity contribution in [2.45, 2.75) is 6.92 Å². The maximum Gasteiger partial charge on any atom is 0.256 e. The van der Waals surface area contributed by atoms with Crippen LogP contribution in [-0.4, -0.2) is 12.5 Å². The zero-order valence-electron chi connectivity index (χ0n) is 10.6. The largest absolute Gasteiger partial charge is 0.322 e. The van der Waals surface area contributed by atoms with Crippen LogP contribution in [0.15, 0.2) is 35.7 Å². The molecule has 2 aromatic rings. The third kappa shape index (κ3) is 3.44. The van der Waals surface area contributed by atoms with Crippen molar-refractivity contribution in [2.75, 3.05) is 11.9 Å². The van der Waals surface area contributed by atoms with Crippen LogP contribution < -0.4 is 11.1 Å². The van der Waals surface area contributed by atoms with Crippen molar-refractivity contribution >= 4 is 22.9 Å². The summed E-state index contributed by atoms with van der Waals surface area (Å²) in [6.07, 6.45) is 0. The van der Waals surface area contributed by atoms with Crippen LogP contribution in [0.3, 0.4) is 0 Å². The van der Waals surface area contributed by atoms with E-state index in [4.69, 9.17) is 5.73 Å². The van der Waals surface area contributed by atoms with Gasteiger partial charge in [0.1, 0.15) is 0 Å². The van der Waals surface area contributed by atoms with Crippen LogP contribution in [0.4, 0.5) is 5.69 Å². The summed E-state index contributed by atoms with van der Waals surface area (Å²) >= 11 is 1.44. The van der Waals surface area contributed by atoms with Gasteiger partial charge in [-0.1, -0.05) is 30.0 Å². The van der Waals surface area contributed by atoms with Gasteiger partial charge in [-0.3, -0.25) is 4.79 Å². The third-order valence-corrected chi connectivity index (χ3v) is 3.41. The summed E-state index contributed by atoms with van der Waals surface area (Å²) in [5, 5.41) is 4.69. The lowest BCUT2D eigenvalue weighted by atomic mass is 10.2. The number of anilines is 1. The Labute approximate surface area is 116 Å². The van der Waals surface area contributed by atoms with Crippen molar-refractivity contribution in [3.05, 3.63) is 51.7 Å². The summed E-state index contributed by atoms with van der Waals surface area (Å²) in [4.78, 5) is 12.9. The number of nitrogens with one attached hydrogen (secondary N) is 1. The van der Waals surface area contributed by atoms with Crippen molar-refractivity contribution in [1.29, 1.82) is 0 Å². The molecule has 1 amide bonds. The standard InChI is InChI=1S/C15H14N2OS/c1-11-5-2-3-7-14(11)17-15(18)12-9-13(19-10-12)6-4-8-16/h2-3,5,7,9-10H,8,16H2,1H3,(H,17,18). The lowest BCUT2D eigenvalue weighted by Crippen LogP contribution is -2.11. The predicted molar refractivity (Wildman–Crippen MR) is 79.4 cm³/mol. The molecule has 0 saturated carbocycles. The molecule has 4 heteroatoms. The minimum atomic E-state index is -0.119. The Kier molecular flexibility index (Phi) is 4.35. The summed E-state index contributed by atoms with van der Waals surface area (Å²) in [6, 6.07) is 9.46. The molecular formula is C15H14N2OS. The van der Waals surface area contributed by atoms with E-state index in [-0.39, 0.29) is 5.91 Å². The average molecular weight is 270 g/mol. The molecule has 0 bridgehead atoms. The van der Waals surface area contributed by atoms with Gasteiger partial charge in [0, 0.05) is 11.1 Å². The van der Waals surface area contributed by atoms with Gasteiger partial charge in [-0.15, -0.1) is 11.3 Å². The zero-order chi connectivity index (χ0) is 13.7. The molecule has 0 atom stereocenters. The average Bonchev–Trinajstić information content (AvgIpc) is 2.88. The number of carbonyl (C=O) groups is 1. The quantitative estimate of drug-likeness (QED) is 0.824. The van der Waals surface area contributed by atoms with Crippen molar-refractivity contribution in [3.63, 3.8) is 0 Å². The fourth-order valence-electron chi connectivity index (χ4n) is 1.57. The molecule has 0 saturated heterocycles. The molecule has 1 aromatic heterocycles. The van der Waals surface area contributed by atoms with Crippen molar-refractivity contribution in [2.24, 2.45) is 5.73 Å². The van der Waals surface area contributed by atoms with E-state index in [1.54, 1.807) is 11.4 Å². The topological polar surface area (TPSA) is 55.1 Å². The third-order valence-electron chi connectivity index (χ3n) is 2.57. The highest BCUT2D eigenvalue weighted by atomic mass is 32.1. The molecule has 0 unspecified atom stereocenters. The van der Waals surface area contributed by atoms with Crippen LogP contribution in [0.1, 0.15) is 20.8 Å². The van der Waals surface area contributed by atoms with E-state index in [1.807, 2.05) is 31.2 Å². The fraction of sp³-hybridized carbons (Fsp3) is 0.133. The van der Waals surface area contributed by atoms with Crippen LogP contribution >= 0.6 is 11.3 Å². The van der Waals surface area contributed by atoms with E-state index >= 15 is 0 Å². The number of rotatable bonds is 2. The van der Waals surface area contributed by atoms with Gasteiger partial charge in [0.2, 0.25) is 0 Å². The first-order chi connectivity index (χ1) is 9.20. The Morgan fingerprint density at radius 1 is 1.42 bits per heavy atom. The molecular weight excluding hydrogens is 256 g/mol. The highest BCUT2D eigenvalue weighted by molar-refractivity contribution is 7.10. The van der Waals surface area contributed by atoms with Crippen molar-refractivity contribution in [1.82, 2.24) is 0 Å². The highest BCUT2D eigenvalue weighted by Crippen LogP contribution is 2.18. The van der Waals surface area contributed by atoms with E-state index in [1.165, 1.54) is 11.3 Å². The molecule has 0 aliphatic carbocycles. The van der Waals surface area contributed by atoms with Crippen LogP contribution in [0.5, 0.6) is 0 Å². The SMILES string of the molecule is Cc1ccccc1NC(=O)c1csc(C#CCN)c1. The van der Waals surface area contributed by atoms with Gasteiger partial charge in [0.25, 0.3) is 5.91 Å².